The maximum Gasteiger partial charge on any atom is 0.122 e. The molecule has 20 heavy (non-hydrogen) atoms. The summed E-state index contributed by atoms with van der Waals surface area (Å²) >= 11 is 0. The molecule has 0 radical (unpaired) electrons. The van der Waals surface area contributed by atoms with E-state index in [4.69, 9.17) is 4.74 Å². The maximum absolute atomic E-state index is 5.86. The van der Waals surface area contributed by atoms with E-state index in [0.717, 1.165) is 31.4 Å². The SMILES string of the molecule is CCCNCC(C)(CC1COc2ccccc21)C1CC1. The summed E-state index contributed by atoms with van der Waals surface area (Å²) in [6, 6.07) is 8.58. The topological polar surface area (TPSA) is 21.3 Å². The smallest absolute Gasteiger partial charge is 0.122 e. The van der Waals surface area contributed by atoms with Gasteiger partial charge in [0.2, 0.25) is 0 Å². The average Bonchev–Trinajstić information content (AvgIpc) is 3.24. The minimum absolute atomic E-state index is 0.431. The van der Waals surface area contributed by atoms with E-state index < -0.39 is 0 Å². The fourth-order valence-electron chi connectivity index (χ4n) is 3.68. The monoisotopic (exact) mass is 273 g/mol. The molecule has 1 aromatic carbocycles. The fraction of sp³-hybridized carbons (Fsp3) is 0.667. The zero-order valence-corrected chi connectivity index (χ0v) is 12.8. The van der Waals surface area contributed by atoms with E-state index >= 15 is 0 Å². The van der Waals surface area contributed by atoms with Gasteiger partial charge in [0.15, 0.2) is 0 Å². The van der Waals surface area contributed by atoms with Gasteiger partial charge in [0.1, 0.15) is 5.75 Å². The third-order valence-electron chi connectivity index (χ3n) is 5.03. The summed E-state index contributed by atoms with van der Waals surface area (Å²) in [5.41, 5.74) is 1.86. The van der Waals surface area contributed by atoms with E-state index in [1.165, 1.54) is 31.2 Å². The molecular formula is C18H27NO. The second-order valence-electron chi connectivity index (χ2n) is 6.85. The Hall–Kier alpha value is -1.02. The van der Waals surface area contributed by atoms with Crippen LogP contribution in [-0.2, 0) is 0 Å². The summed E-state index contributed by atoms with van der Waals surface area (Å²) in [6.45, 7) is 7.89. The molecule has 110 valence electrons. The lowest BCUT2D eigenvalue weighted by Gasteiger charge is -2.32. The van der Waals surface area contributed by atoms with Gasteiger partial charge in [-0.15, -0.1) is 0 Å². The third kappa shape index (κ3) is 2.85. The highest BCUT2D eigenvalue weighted by Gasteiger charge is 2.43. The molecule has 1 heterocycles. The normalized spacial score (nSPS) is 24.0. The summed E-state index contributed by atoms with van der Waals surface area (Å²) in [4.78, 5) is 0. The first-order valence-electron chi connectivity index (χ1n) is 8.15. The van der Waals surface area contributed by atoms with Crippen molar-refractivity contribution < 1.29 is 4.74 Å². The van der Waals surface area contributed by atoms with Gasteiger partial charge in [-0.3, -0.25) is 0 Å². The Labute approximate surface area is 122 Å². The van der Waals surface area contributed by atoms with Gasteiger partial charge in [-0.1, -0.05) is 32.0 Å². The van der Waals surface area contributed by atoms with Crippen molar-refractivity contribution in [3.05, 3.63) is 29.8 Å². The quantitative estimate of drug-likeness (QED) is 0.759. The van der Waals surface area contributed by atoms with Gasteiger partial charge in [-0.2, -0.15) is 0 Å². The van der Waals surface area contributed by atoms with Gasteiger partial charge in [0, 0.05) is 18.0 Å². The summed E-state index contributed by atoms with van der Waals surface area (Å²) in [5, 5.41) is 3.65. The third-order valence-corrected chi connectivity index (χ3v) is 5.03. The Morgan fingerprint density at radius 2 is 2.10 bits per heavy atom. The molecular weight excluding hydrogens is 246 g/mol. The summed E-state index contributed by atoms with van der Waals surface area (Å²) in [5.74, 6) is 2.61. The lowest BCUT2D eigenvalue weighted by molar-refractivity contribution is 0.201. The van der Waals surface area contributed by atoms with Crippen LogP contribution in [0.4, 0.5) is 0 Å². The Balaban J connectivity index is 1.68. The van der Waals surface area contributed by atoms with Crippen molar-refractivity contribution in [2.75, 3.05) is 19.7 Å². The molecule has 0 amide bonds. The van der Waals surface area contributed by atoms with E-state index in [1.54, 1.807) is 0 Å². The Bertz CT molecular complexity index is 454. The second-order valence-corrected chi connectivity index (χ2v) is 6.85. The van der Waals surface area contributed by atoms with Crippen LogP contribution in [0.5, 0.6) is 5.75 Å². The van der Waals surface area contributed by atoms with Gasteiger partial charge in [0.25, 0.3) is 0 Å². The highest BCUT2D eigenvalue weighted by atomic mass is 16.5. The van der Waals surface area contributed by atoms with Crippen LogP contribution < -0.4 is 10.1 Å². The lowest BCUT2D eigenvalue weighted by Crippen LogP contribution is -2.35. The van der Waals surface area contributed by atoms with Crippen molar-refractivity contribution in [2.45, 2.75) is 45.4 Å². The van der Waals surface area contributed by atoms with E-state index in [2.05, 4.69) is 43.4 Å². The summed E-state index contributed by atoms with van der Waals surface area (Å²) in [7, 11) is 0. The number of hydrogen-bond donors (Lipinski definition) is 1. The molecule has 2 heteroatoms. The van der Waals surface area contributed by atoms with Crippen molar-refractivity contribution in [1.82, 2.24) is 5.32 Å². The molecule has 2 atom stereocenters. The van der Waals surface area contributed by atoms with Crippen LogP contribution in [0.2, 0.25) is 0 Å². The van der Waals surface area contributed by atoms with E-state index in [9.17, 15) is 0 Å². The van der Waals surface area contributed by atoms with Crippen LogP contribution in [-0.4, -0.2) is 19.7 Å². The van der Waals surface area contributed by atoms with Crippen LogP contribution in [0, 0.1) is 11.3 Å². The Morgan fingerprint density at radius 1 is 1.30 bits per heavy atom. The summed E-state index contributed by atoms with van der Waals surface area (Å²) < 4.78 is 5.86. The molecule has 0 aromatic heterocycles. The Kier molecular flexibility index (Phi) is 4.02. The number of fused-ring (bicyclic) bond motifs is 1. The van der Waals surface area contributed by atoms with Crippen LogP contribution in [0.15, 0.2) is 24.3 Å². The molecule has 1 aliphatic heterocycles. The average molecular weight is 273 g/mol. The fourth-order valence-corrected chi connectivity index (χ4v) is 3.68. The van der Waals surface area contributed by atoms with Crippen molar-refractivity contribution in [2.24, 2.45) is 11.3 Å². The van der Waals surface area contributed by atoms with E-state index in [-0.39, 0.29) is 0 Å². The zero-order chi connectivity index (χ0) is 14.0. The van der Waals surface area contributed by atoms with E-state index in [1.807, 2.05) is 0 Å². The van der Waals surface area contributed by atoms with Gasteiger partial charge in [-0.25, -0.2) is 0 Å². The number of hydrogen-bond acceptors (Lipinski definition) is 2. The largest absolute Gasteiger partial charge is 0.493 e. The predicted octanol–water partition coefficient (Wildman–Crippen LogP) is 3.97. The maximum atomic E-state index is 5.86. The van der Waals surface area contributed by atoms with Crippen LogP contribution in [0.1, 0.15) is 51.0 Å². The first-order valence-corrected chi connectivity index (χ1v) is 8.15. The second kappa shape index (κ2) is 5.77. The molecule has 1 N–H and O–H groups in total. The number of ether oxygens (including phenoxy) is 1. The number of rotatable bonds is 7. The van der Waals surface area contributed by atoms with Gasteiger partial charge < -0.3 is 10.1 Å². The molecule has 0 saturated heterocycles. The first kappa shape index (κ1) is 13.9. The van der Waals surface area contributed by atoms with Crippen LogP contribution >= 0.6 is 0 Å². The molecule has 1 aromatic rings. The molecule has 3 rings (SSSR count). The summed E-state index contributed by atoms with van der Waals surface area (Å²) in [6.07, 6.45) is 5.31. The highest BCUT2D eigenvalue weighted by Crippen LogP contribution is 2.51. The van der Waals surface area contributed by atoms with Crippen molar-refractivity contribution in [3.8, 4) is 5.75 Å². The number of para-hydroxylation sites is 1. The van der Waals surface area contributed by atoms with Crippen LogP contribution in [0.3, 0.4) is 0 Å². The van der Waals surface area contributed by atoms with Gasteiger partial charge in [-0.05, 0) is 49.6 Å². The minimum atomic E-state index is 0.431. The lowest BCUT2D eigenvalue weighted by atomic mass is 9.75. The van der Waals surface area contributed by atoms with Crippen molar-refractivity contribution in [1.29, 1.82) is 0 Å². The predicted molar refractivity (Wildman–Crippen MR) is 83.3 cm³/mol. The molecule has 2 nitrogen and oxygen atoms in total. The standard InChI is InChI=1S/C18H27NO/c1-3-10-19-13-18(2,15-8-9-15)11-14-12-20-17-7-5-4-6-16(14)17/h4-7,14-15,19H,3,8-13H2,1-2H3. The Morgan fingerprint density at radius 3 is 2.85 bits per heavy atom. The zero-order valence-electron chi connectivity index (χ0n) is 12.8. The molecule has 1 aliphatic carbocycles. The highest BCUT2D eigenvalue weighted by molar-refractivity contribution is 5.39. The molecule has 1 fully saturated rings. The minimum Gasteiger partial charge on any atom is -0.493 e. The van der Waals surface area contributed by atoms with E-state index in [0.29, 0.717) is 11.3 Å². The van der Waals surface area contributed by atoms with Gasteiger partial charge in [0.05, 0.1) is 6.61 Å². The first-order chi connectivity index (χ1) is 9.73. The molecule has 1 saturated carbocycles. The number of nitrogens with one attached hydrogen (secondary N) is 1. The van der Waals surface area contributed by atoms with Crippen molar-refractivity contribution >= 4 is 0 Å². The molecule has 0 bridgehead atoms. The molecule has 2 unspecified atom stereocenters. The molecule has 2 aliphatic rings. The number of benzene rings is 1. The molecule has 0 spiro atoms. The van der Waals surface area contributed by atoms with Crippen LogP contribution in [0.25, 0.3) is 0 Å². The van der Waals surface area contributed by atoms with Crippen molar-refractivity contribution in [3.63, 3.8) is 0 Å². The van der Waals surface area contributed by atoms with Gasteiger partial charge >= 0.3 is 0 Å².